The predicted molar refractivity (Wildman–Crippen MR) is 113 cm³/mol. The van der Waals surface area contributed by atoms with Crippen LogP contribution >= 0.6 is 43.6 Å². The molecule has 0 aliphatic carbocycles. The Balaban J connectivity index is 2.03. The summed E-state index contributed by atoms with van der Waals surface area (Å²) in [4.78, 5) is 5.25. The lowest BCUT2D eigenvalue weighted by atomic mass is 10.0. The fraction of sp³-hybridized carbons (Fsp3) is 0.400. The molecule has 0 saturated carbocycles. The third-order valence-corrected chi connectivity index (χ3v) is 6.64. The highest BCUT2D eigenvalue weighted by molar-refractivity contribution is 9.10. The molecule has 1 heterocycles. The van der Waals surface area contributed by atoms with Crippen molar-refractivity contribution in [3.63, 3.8) is 0 Å². The maximum Gasteiger partial charge on any atom is 0.0556 e. The molecule has 1 unspecified atom stereocenters. The van der Waals surface area contributed by atoms with Crippen molar-refractivity contribution in [2.45, 2.75) is 61.8 Å². The van der Waals surface area contributed by atoms with Gasteiger partial charge in [0, 0.05) is 24.8 Å². The molecule has 0 amide bonds. The second-order valence-corrected chi connectivity index (χ2v) is 9.17. The lowest BCUT2D eigenvalue weighted by Crippen LogP contribution is -2.32. The molecule has 2 aromatic carbocycles. The van der Waals surface area contributed by atoms with E-state index in [4.69, 9.17) is 0 Å². The molecule has 0 radical (unpaired) electrons. The average molecular weight is 469 g/mol. The second kappa shape index (κ2) is 8.29. The van der Waals surface area contributed by atoms with E-state index in [1.807, 2.05) is 11.8 Å². The minimum Gasteiger partial charge on any atom is -0.337 e. The average Bonchev–Trinajstić information content (AvgIpc) is 2.57. The van der Waals surface area contributed by atoms with Crippen molar-refractivity contribution in [3.05, 3.63) is 45.3 Å². The van der Waals surface area contributed by atoms with E-state index in [1.165, 1.54) is 53.3 Å². The van der Waals surface area contributed by atoms with Crippen molar-refractivity contribution in [1.29, 1.82) is 0 Å². The van der Waals surface area contributed by atoms with Gasteiger partial charge in [-0.2, -0.15) is 0 Å². The maximum absolute atomic E-state index is 3.63. The van der Waals surface area contributed by atoms with Crippen LogP contribution in [-0.4, -0.2) is 6.04 Å². The van der Waals surface area contributed by atoms with Crippen LogP contribution in [0.3, 0.4) is 0 Å². The summed E-state index contributed by atoms with van der Waals surface area (Å²) < 4.78 is 2.29. The Morgan fingerprint density at radius 1 is 0.917 bits per heavy atom. The van der Waals surface area contributed by atoms with Gasteiger partial charge < -0.3 is 4.90 Å². The summed E-state index contributed by atoms with van der Waals surface area (Å²) in [5, 5.41) is 0. The third-order valence-electron chi connectivity index (χ3n) is 4.56. The third kappa shape index (κ3) is 3.86. The minimum absolute atomic E-state index is 0.553. The molecule has 2 aromatic rings. The zero-order valence-corrected chi connectivity index (χ0v) is 18.2. The molecule has 3 rings (SSSR count). The lowest BCUT2D eigenvalue weighted by molar-refractivity contribution is 0.534. The number of benzene rings is 2. The monoisotopic (exact) mass is 467 g/mol. The van der Waals surface area contributed by atoms with E-state index in [0.717, 1.165) is 8.95 Å². The largest absolute Gasteiger partial charge is 0.337 e. The van der Waals surface area contributed by atoms with Crippen LogP contribution in [0.4, 0.5) is 11.4 Å². The van der Waals surface area contributed by atoms with Gasteiger partial charge in [0.2, 0.25) is 0 Å². The normalized spacial score (nSPS) is 14.2. The molecule has 1 nitrogen and oxygen atoms in total. The zero-order valence-electron chi connectivity index (χ0n) is 14.2. The predicted octanol–water partition coefficient (Wildman–Crippen LogP) is 8.17. The summed E-state index contributed by atoms with van der Waals surface area (Å²) in [6.07, 6.45) is 6.31. The molecule has 4 heteroatoms. The van der Waals surface area contributed by atoms with E-state index in [2.05, 4.69) is 87.0 Å². The van der Waals surface area contributed by atoms with Gasteiger partial charge in [-0.05, 0) is 49.2 Å². The summed E-state index contributed by atoms with van der Waals surface area (Å²) in [5.74, 6) is 0. The highest BCUT2D eigenvalue weighted by Gasteiger charge is 2.28. The molecule has 0 fully saturated rings. The van der Waals surface area contributed by atoms with Gasteiger partial charge in [-0.25, -0.2) is 0 Å². The van der Waals surface area contributed by atoms with Crippen molar-refractivity contribution in [2.24, 2.45) is 0 Å². The minimum atomic E-state index is 0.553. The molecule has 0 saturated heterocycles. The highest BCUT2D eigenvalue weighted by atomic mass is 79.9. The fourth-order valence-corrected chi connectivity index (χ4v) is 5.50. The molecular weight excluding hydrogens is 446 g/mol. The fourth-order valence-electron chi connectivity index (χ4n) is 3.32. The van der Waals surface area contributed by atoms with Crippen LogP contribution in [0.25, 0.3) is 0 Å². The molecule has 128 valence electrons. The van der Waals surface area contributed by atoms with Crippen molar-refractivity contribution in [2.75, 3.05) is 4.90 Å². The molecule has 0 N–H and O–H groups in total. The quantitative estimate of drug-likeness (QED) is 0.393. The van der Waals surface area contributed by atoms with Crippen LogP contribution in [0.2, 0.25) is 0 Å². The molecule has 1 aliphatic rings. The molecule has 0 spiro atoms. The Bertz CT molecular complexity index is 665. The number of anilines is 2. The Kier molecular flexibility index (Phi) is 6.33. The Morgan fingerprint density at radius 3 is 2.00 bits per heavy atom. The number of unbranched alkanes of at least 4 members (excludes halogenated alkanes) is 2. The van der Waals surface area contributed by atoms with E-state index in [1.54, 1.807) is 0 Å². The topological polar surface area (TPSA) is 3.24 Å². The van der Waals surface area contributed by atoms with Gasteiger partial charge >= 0.3 is 0 Å². The number of halogens is 2. The number of nitrogens with zero attached hydrogens (tertiary/aromatic N) is 1. The Hall–Kier alpha value is -0.450. The summed E-state index contributed by atoms with van der Waals surface area (Å²) in [5.41, 5.74) is 2.70. The van der Waals surface area contributed by atoms with Crippen LogP contribution in [0.5, 0.6) is 0 Å². The van der Waals surface area contributed by atoms with Crippen LogP contribution < -0.4 is 4.90 Å². The zero-order chi connectivity index (χ0) is 17.1. The van der Waals surface area contributed by atoms with Crippen molar-refractivity contribution in [3.8, 4) is 0 Å². The van der Waals surface area contributed by atoms with Gasteiger partial charge in [-0.1, -0.05) is 76.7 Å². The number of fused-ring (bicyclic) bond motifs is 2. The van der Waals surface area contributed by atoms with Crippen molar-refractivity contribution < 1.29 is 0 Å². The van der Waals surface area contributed by atoms with Gasteiger partial charge in [0.15, 0.2) is 0 Å². The van der Waals surface area contributed by atoms with Crippen LogP contribution in [-0.2, 0) is 0 Å². The van der Waals surface area contributed by atoms with E-state index in [9.17, 15) is 0 Å². The first-order valence-corrected chi connectivity index (χ1v) is 11.1. The molecular formula is C20H23Br2NS. The summed E-state index contributed by atoms with van der Waals surface area (Å²) in [7, 11) is 0. The molecule has 1 aliphatic heterocycles. The second-order valence-electron chi connectivity index (χ2n) is 6.25. The van der Waals surface area contributed by atoms with E-state index in [-0.39, 0.29) is 0 Å². The maximum atomic E-state index is 3.63. The van der Waals surface area contributed by atoms with Gasteiger partial charge in [0.25, 0.3) is 0 Å². The molecule has 1 atom stereocenters. The first-order chi connectivity index (χ1) is 11.6. The SMILES string of the molecule is CCCCCC(CC)N1c2ccc(Br)cc2Sc2cc(Br)ccc21. The van der Waals surface area contributed by atoms with Gasteiger partial charge in [0.1, 0.15) is 0 Å². The summed E-state index contributed by atoms with van der Waals surface area (Å²) in [6.45, 7) is 4.59. The van der Waals surface area contributed by atoms with E-state index >= 15 is 0 Å². The van der Waals surface area contributed by atoms with Crippen molar-refractivity contribution >= 4 is 55.0 Å². The van der Waals surface area contributed by atoms with Gasteiger partial charge in [0.05, 0.1) is 11.4 Å². The number of hydrogen-bond donors (Lipinski definition) is 0. The standard InChI is InChI=1S/C20H23Br2NS/c1-3-5-6-7-16(4-2)23-17-10-8-14(21)12-19(17)24-20-13-15(22)9-11-18(20)23/h8-13,16H,3-7H2,1-2H3. The number of hydrogen-bond acceptors (Lipinski definition) is 2. The van der Waals surface area contributed by atoms with E-state index in [0.29, 0.717) is 6.04 Å². The van der Waals surface area contributed by atoms with Crippen molar-refractivity contribution in [1.82, 2.24) is 0 Å². The van der Waals surface area contributed by atoms with Crippen LogP contribution in [0, 0.1) is 0 Å². The van der Waals surface area contributed by atoms with Crippen LogP contribution in [0.1, 0.15) is 46.0 Å². The summed E-state index contributed by atoms with van der Waals surface area (Å²) >= 11 is 9.13. The van der Waals surface area contributed by atoms with Crippen LogP contribution in [0.15, 0.2) is 55.1 Å². The van der Waals surface area contributed by atoms with Gasteiger partial charge in [-0.15, -0.1) is 0 Å². The molecule has 0 aromatic heterocycles. The Morgan fingerprint density at radius 2 is 1.50 bits per heavy atom. The molecule has 24 heavy (non-hydrogen) atoms. The van der Waals surface area contributed by atoms with Gasteiger partial charge in [-0.3, -0.25) is 0 Å². The number of rotatable bonds is 6. The summed E-state index contributed by atoms with van der Waals surface area (Å²) in [6, 6.07) is 13.9. The Labute approximate surface area is 166 Å². The highest BCUT2D eigenvalue weighted by Crippen LogP contribution is 2.51. The molecule has 0 bridgehead atoms. The first kappa shape index (κ1) is 18.3. The lowest BCUT2D eigenvalue weighted by Gasteiger charge is -2.39. The first-order valence-electron chi connectivity index (χ1n) is 8.70. The smallest absolute Gasteiger partial charge is 0.0556 e. The van der Waals surface area contributed by atoms with E-state index < -0.39 is 0 Å².